The Morgan fingerprint density at radius 3 is 2.24 bits per heavy atom. The third kappa shape index (κ3) is 8.74. The molecule has 2 rings (SSSR count). The van der Waals surface area contributed by atoms with Crippen molar-refractivity contribution in [2.45, 2.75) is 84.0 Å². The molecule has 1 aromatic carbocycles. The number of likely N-dealkylation sites (tertiary alicyclic amines) is 1. The quantitative estimate of drug-likeness (QED) is 0.225. The Morgan fingerprint density at radius 1 is 1.03 bits per heavy atom. The van der Waals surface area contributed by atoms with E-state index in [9.17, 15) is 34.2 Å². The van der Waals surface area contributed by atoms with Crippen LogP contribution in [0.2, 0.25) is 0 Å². The fraction of sp³-hybridized carbons (Fsp3) is 0.593. The van der Waals surface area contributed by atoms with Gasteiger partial charge in [0, 0.05) is 13.0 Å². The van der Waals surface area contributed by atoms with Crippen molar-refractivity contribution in [1.82, 2.24) is 20.9 Å². The molecular weight excluding hydrogens is 492 g/mol. The number of carboxylic acid groups (broad SMARTS) is 1. The van der Waals surface area contributed by atoms with Crippen molar-refractivity contribution in [2.24, 2.45) is 11.8 Å². The fourth-order valence-electron chi connectivity index (χ4n) is 4.45. The highest BCUT2D eigenvalue weighted by Crippen LogP contribution is 2.17. The molecule has 4 amide bonds. The zero-order valence-electron chi connectivity index (χ0n) is 22.5. The van der Waals surface area contributed by atoms with Crippen molar-refractivity contribution in [1.29, 1.82) is 0 Å². The van der Waals surface area contributed by atoms with Crippen molar-refractivity contribution in [3.05, 3.63) is 29.8 Å². The highest BCUT2D eigenvalue weighted by molar-refractivity contribution is 5.94. The number of nitrogens with one attached hydrogen (secondary N) is 3. The van der Waals surface area contributed by atoms with E-state index in [1.54, 1.807) is 19.1 Å². The molecule has 0 bridgehead atoms. The fourth-order valence-corrected chi connectivity index (χ4v) is 4.45. The van der Waals surface area contributed by atoms with Gasteiger partial charge < -0.3 is 31.1 Å². The predicted molar refractivity (Wildman–Crippen MR) is 140 cm³/mol. The average molecular weight is 533 g/mol. The standard InChI is InChI=1S/C27H40N4O7/c1-5-17(4)23(26(36)29-21(27(37)38)13-16(2)3)30-24(34)20(14-18-8-10-19(33)11-9-18)28-25(35)22-7-6-12-31(22)15-32/h8-11,15-17,20-23,33H,5-7,12-14H2,1-4H3,(H,28,35)(H,29,36)(H,30,34)(H,37,38)/t17-,20-,21-,22-,23-/m0/s1. The summed E-state index contributed by atoms with van der Waals surface area (Å²) in [5.74, 6) is -3.10. The number of phenolic OH excluding ortho intramolecular Hbond substituents is 1. The second-order valence-corrected chi connectivity index (χ2v) is 10.3. The lowest BCUT2D eigenvalue weighted by Gasteiger charge is -2.29. The van der Waals surface area contributed by atoms with Crippen LogP contribution in [0.1, 0.15) is 58.9 Å². The molecule has 1 aliphatic rings. The van der Waals surface area contributed by atoms with E-state index in [0.717, 1.165) is 0 Å². The lowest BCUT2D eigenvalue weighted by molar-refractivity contribution is -0.143. The molecule has 1 aliphatic heterocycles. The van der Waals surface area contributed by atoms with Gasteiger partial charge >= 0.3 is 5.97 Å². The molecule has 1 saturated heterocycles. The molecule has 0 radical (unpaired) electrons. The van der Waals surface area contributed by atoms with E-state index in [4.69, 9.17) is 0 Å². The van der Waals surface area contributed by atoms with Gasteiger partial charge in [-0.2, -0.15) is 0 Å². The van der Waals surface area contributed by atoms with Gasteiger partial charge in [0.25, 0.3) is 0 Å². The minimum atomic E-state index is -1.16. The molecule has 0 unspecified atom stereocenters. The minimum absolute atomic E-state index is 0.0273. The number of amides is 4. The molecule has 11 heteroatoms. The summed E-state index contributed by atoms with van der Waals surface area (Å²) in [5, 5.41) is 27.2. The highest BCUT2D eigenvalue weighted by Gasteiger charge is 2.35. The van der Waals surface area contributed by atoms with Crippen molar-refractivity contribution < 1.29 is 34.2 Å². The Kier molecular flexibility index (Phi) is 11.5. The van der Waals surface area contributed by atoms with Gasteiger partial charge in [-0.25, -0.2) is 4.79 Å². The zero-order valence-corrected chi connectivity index (χ0v) is 22.5. The summed E-state index contributed by atoms with van der Waals surface area (Å²) in [6.07, 6.45) is 2.60. The molecule has 210 valence electrons. The first-order valence-corrected chi connectivity index (χ1v) is 13.1. The number of carbonyl (C=O) groups excluding carboxylic acids is 4. The number of nitrogens with zero attached hydrogens (tertiary/aromatic N) is 1. The molecule has 0 aromatic heterocycles. The van der Waals surface area contributed by atoms with E-state index in [-0.39, 0.29) is 30.4 Å². The summed E-state index contributed by atoms with van der Waals surface area (Å²) >= 11 is 0. The number of carbonyl (C=O) groups is 5. The maximum absolute atomic E-state index is 13.5. The van der Waals surface area contributed by atoms with Gasteiger partial charge in [0.05, 0.1) is 0 Å². The van der Waals surface area contributed by atoms with Crippen LogP contribution in [0, 0.1) is 11.8 Å². The average Bonchev–Trinajstić information content (AvgIpc) is 3.36. The monoisotopic (exact) mass is 532 g/mol. The van der Waals surface area contributed by atoms with Crippen LogP contribution in [0.15, 0.2) is 24.3 Å². The smallest absolute Gasteiger partial charge is 0.326 e. The van der Waals surface area contributed by atoms with E-state index >= 15 is 0 Å². The Balaban J connectivity index is 2.26. The zero-order chi connectivity index (χ0) is 28.4. The van der Waals surface area contributed by atoms with E-state index in [0.29, 0.717) is 37.8 Å². The van der Waals surface area contributed by atoms with E-state index in [1.807, 2.05) is 20.8 Å². The minimum Gasteiger partial charge on any atom is -0.508 e. The van der Waals surface area contributed by atoms with Crippen molar-refractivity contribution in [2.75, 3.05) is 6.54 Å². The summed E-state index contributed by atoms with van der Waals surface area (Å²) in [5.41, 5.74) is 0.661. The Labute approximate surface area is 223 Å². The van der Waals surface area contributed by atoms with Gasteiger partial charge in [-0.3, -0.25) is 19.2 Å². The summed E-state index contributed by atoms with van der Waals surface area (Å²) in [6.45, 7) is 7.78. The van der Waals surface area contributed by atoms with Crippen molar-refractivity contribution >= 4 is 30.1 Å². The molecule has 1 fully saturated rings. The van der Waals surface area contributed by atoms with E-state index in [1.165, 1.54) is 17.0 Å². The lowest BCUT2D eigenvalue weighted by Crippen LogP contribution is -2.59. The third-order valence-corrected chi connectivity index (χ3v) is 6.86. The van der Waals surface area contributed by atoms with Crippen LogP contribution in [0.5, 0.6) is 5.75 Å². The van der Waals surface area contributed by atoms with Gasteiger partial charge in [-0.1, -0.05) is 46.2 Å². The van der Waals surface area contributed by atoms with Crippen LogP contribution < -0.4 is 16.0 Å². The van der Waals surface area contributed by atoms with E-state index < -0.39 is 47.9 Å². The van der Waals surface area contributed by atoms with Gasteiger partial charge in [0.15, 0.2) is 0 Å². The van der Waals surface area contributed by atoms with Crippen LogP contribution in [0.4, 0.5) is 0 Å². The number of aromatic hydroxyl groups is 1. The van der Waals surface area contributed by atoms with Gasteiger partial charge in [-0.15, -0.1) is 0 Å². The van der Waals surface area contributed by atoms with Crippen molar-refractivity contribution in [3.63, 3.8) is 0 Å². The van der Waals surface area contributed by atoms with Gasteiger partial charge in [0.2, 0.25) is 24.1 Å². The van der Waals surface area contributed by atoms with Crippen LogP contribution in [-0.4, -0.2) is 75.9 Å². The first-order chi connectivity index (χ1) is 18.0. The topological polar surface area (TPSA) is 165 Å². The van der Waals surface area contributed by atoms with Gasteiger partial charge in [0.1, 0.15) is 29.9 Å². The normalized spacial score (nSPS) is 18.2. The maximum Gasteiger partial charge on any atom is 0.326 e. The number of phenols is 1. The number of hydrogen-bond donors (Lipinski definition) is 5. The largest absolute Gasteiger partial charge is 0.508 e. The number of rotatable bonds is 14. The second-order valence-electron chi connectivity index (χ2n) is 10.3. The van der Waals surface area contributed by atoms with Crippen LogP contribution in [0.25, 0.3) is 0 Å². The summed E-state index contributed by atoms with van der Waals surface area (Å²) in [7, 11) is 0. The van der Waals surface area contributed by atoms with Crippen LogP contribution >= 0.6 is 0 Å². The highest BCUT2D eigenvalue weighted by atomic mass is 16.4. The molecule has 1 aromatic rings. The molecule has 5 atom stereocenters. The molecule has 11 nitrogen and oxygen atoms in total. The SMILES string of the molecule is CC[C@H](C)[C@H](NC(=O)[C@H](Cc1ccc(O)cc1)NC(=O)[C@@H]1CCCN1C=O)C(=O)N[C@@H](CC(C)C)C(=O)O. The van der Waals surface area contributed by atoms with Crippen molar-refractivity contribution in [3.8, 4) is 5.75 Å². The van der Waals surface area contributed by atoms with E-state index in [2.05, 4.69) is 16.0 Å². The Morgan fingerprint density at radius 2 is 1.68 bits per heavy atom. The molecule has 0 aliphatic carbocycles. The number of hydrogen-bond acceptors (Lipinski definition) is 6. The number of aliphatic carboxylic acids is 1. The lowest BCUT2D eigenvalue weighted by atomic mass is 9.96. The summed E-state index contributed by atoms with van der Waals surface area (Å²) < 4.78 is 0. The number of carboxylic acids is 1. The molecular formula is C27H40N4O7. The van der Waals surface area contributed by atoms with Crippen LogP contribution in [-0.2, 0) is 30.4 Å². The van der Waals surface area contributed by atoms with Gasteiger partial charge in [-0.05, 0) is 48.8 Å². The molecule has 0 saturated carbocycles. The predicted octanol–water partition coefficient (Wildman–Crippen LogP) is 1.19. The Bertz CT molecular complexity index is 982. The summed E-state index contributed by atoms with van der Waals surface area (Å²) in [4.78, 5) is 64.1. The molecule has 5 N–H and O–H groups in total. The first-order valence-electron chi connectivity index (χ1n) is 13.1. The Hall–Kier alpha value is -3.63. The summed E-state index contributed by atoms with van der Waals surface area (Å²) in [6, 6.07) is 2.28. The van der Waals surface area contributed by atoms with Crippen LogP contribution in [0.3, 0.4) is 0 Å². The second kappa shape index (κ2) is 14.3. The first kappa shape index (κ1) is 30.6. The molecule has 1 heterocycles. The number of benzene rings is 1. The third-order valence-electron chi connectivity index (χ3n) is 6.86. The molecule has 38 heavy (non-hydrogen) atoms. The molecule has 0 spiro atoms. The maximum atomic E-state index is 13.5.